The highest BCUT2D eigenvalue weighted by atomic mass is 15.1. The fraction of sp³-hybridized carbons (Fsp3) is 0.267. The maximum atomic E-state index is 8.78. The Morgan fingerprint density at radius 2 is 1.95 bits per heavy atom. The van der Waals surface area contributed by atoms with Gasteiger partial charge < -0.3 is 10.6 Å². The van der Waals surface area contributed by atoms with Gasteiger partial charge in [0.25, 0.3) is 0 Å². The van der Waals surface area contributed by atoms with Crippen LogP contribution in [0.15, 0.2) is 30.5 Å². The third-order valence-corrected chi connectivity index (χ3v) is 3.33. The topological polar surface area (TPSA) is 73.6 Å². The van der Waals surface area contributed by atoms with Gasteiger partial charge in [0.2, 0.25) is 5.95 Å². The second-order valence-electron chi connectivity index (χ2n) is 4.73. The van der Waals surface area contributed by atoms with Crippen molar-refractivity contribution in [3.63, 3.8) is 0 Å². The molecule has 0 saturated heterocycles. The zero-order chi connectivity index (χ0) is 13.8. The van der Waals surface area contributed by atoms with Gasteiger partial charge in [0, 0.05) is 24.8 Å². The summed E-state index contributed by atoms with van der Waals surface area (Å²) in [5, 5.41) is 15.3. The Balaban J connectivity index is 1.80. The lowest BCUT2D eigenvalue weighted by molar-refractivity contribution is 0.708. The number of anilines is 2. The Morgan fingerprint density at radius 1 is 1.15 bits per heavy atom. The van der Waals surface area contributed by atoms with Gasteiger partial charge in [-0.2, -0.15) is 5.26 Å². The summed E-state index contributed by atoms with van der Waals surface area (Å²) >= 11 is 0. The van der Waals surface area contributed by atoms with Crippen LogP contribution in [0.3, 0.4) is 0 Å². The molecule has 0 fully saturated rings. The quantitative estimate of drug-likeness (QED) is 0.866. The summed E-state index contributed by atoms with van der Waals surface area (Å²) < 4.78 is 0. The minimum absolute atomic E-state index is 0.607. The van der Waals surface area contributed by atoms with Crippen molar-refractivity contribution >= 4 is 11.6 Å². The molecule has 100 valence electrons. The van der Waals surface area contributed by atoms with Gasteiger partial charge >= 0.3 is 0 Å². The van der Waals surface area contributed by atoms with Crippen molar-refractivity contribution < 1.29 is 0 Å². The lowest BCUT2D eigenvalue weighted by Crippen LogP contribution is -2.16. The average Bonchev–Trinajstić information content (AvgIpc) is 2.73. The van der Waals surface area contributed by atoms with Crippen LogP contribution in [-0.2, 0) is 12.8 Å². The first kappa shape index (κ1) is 12.6. The molecule has 1 aromatic carbocycles. The van der Waals surface area contributed by atoms with E-state index in [0.717, 1.165) is 37.3 Å². The highest BCUT2D eigenvalue weighted by molar-refractivity contribution is 5.55. The van der Waals surface area contributed by atoms with E-state index in [1.54, 1.807) is 12.1 Å². The standard InChI is InChI=1S/C15H15N5/c16-9-11-1-3-13(4-2-11)19-15-18-10-12-5-7-17-8-6-14(12)20-15/h1-4,10,17H,5-8H2,(H,18,19,20). The van der Waals surface area contributed by atoms with Crippen LogP contribution in [0.5, 0.6) is 0 Å². The number of hydrogen-bond donors (Lipinski definition) is 2. The van der Waals surface area contributed by atoms with E-state index >= 15 is 0 Å². The van der Waals surface area contributed by atoms with Crippen LogP contribution in [-0.4, -0.2) is 23.1 Å². The van der Waals surface area contributed by atoms with E-state index in [1.165, 1.54) is 5.56 Å². The van der Waals surface area contributed by atoms with E-state index < -0.39 is 0 Å². The Bertz CT molecular complexity index is 642. The highest BCUT2D eigenvalue weighted by Crippen LogP contribution is 2.16. The van der Waals surface area contributed by atoms with E-state index in [9.17, 15) is 0 Å². The minimum atomic E-state index is 0.607. The SMILES string of the molecule is N#Cc1ccc(Nc2ncc3c(n2)CCNCC3)cc1. The molecule has 0 bridgehead atoms. The van der Waals surface area contributed by atoms with Crippen molar-refractivity contribution in [2.75, 3.05) is 18.4 Å². The molecule has 2 N–H and O–H groups in total. The third kappa shape index (κ3) is 2.76. The first-order valence-corrected chi connectivity index (χ1v) is 6.68. The fourth-order valence-corrected chi connectivity index (χ4v) is 2.24. The summed E-state index contributed by atoms with van der Waals surface area (Å²) in [7, 11) is 0. The molecule has 5 nitrogen and oxygen atoms in total. The molecule has 1 aromatic heterocycles. The maximum Gasteiger partial charge on any atom is 0.227 e. The maximum absolute atomic E-state index is 8.78. The summed E-state index contributed by atoms with van der Waals surface area (Å²) in [6.07, 6.45) is 3.81. The molecule has 1 aliphatic rings. The highest BCUT2D eigenvalue weighted by Gasteiger charge is 2.10. The normalized spacial score (nSPS) is 13.9. The predicted octanol–water partition coefficient (Wildman–Crippen LogP) is 1.78. The molecule has 2 aromatic rings. The Labute approximate surface area is 117 Å². The summed E-state index contributed by atoms with van der Waals surface area (Å²) in [5.74, 6) is 0.607. The molecule has 0 spiro atoms. The fourth-order valence-electron chi connectivity index (χ4n) is 2.24. The van der Waals surface area contributed by atoms with E-state index in [-0.39, 0.29) is 0 Å². The molecule has 0 aliphatic carbocycles. The summed E-state index contributed by atoms with van der Waals surface area (Å²) in [5.41, 5.74) is 3.86. The molecule has 3 rings (SSSR count). The van der Waals surface area contributed by atoms with Crippen molar-refractivity contribution in [3.05, 3.63) is 47.3 Å². The number of aromatic nitrogens is 2. The van der Waals surface area contributed by atoms with E-state index in [2.05, 4.69) is 26.7 Å². The number of rotatable bonds is 2. The van der Waals surface area contributed by atoms with Gasteiger partial charge in [-0.3, -0.25) is 0 Å². The van der Waals surface area contributed by atoms with E-state index in [4.69, 9.17) is 5.26 Å². The van der Waals surface area contributed by atoms with Gasteiger partial charge in [-0.05, 0) is 42.8 Å². The molecular weight excluding hydrogens is 250 g/mol. The number of benzene rings is 1. The lowest BCUT2D eigenvalue weighted by atomic mass is 10.1. The van der Waals surface area contributed by atoms with Crippen LogP contribution in [0.25, 0.3) is 0 Å². The van der Waals surface area contributed by atoms with Gasteiger partial charge in [-0.15, -0.1) is 0 Å². The van der Waals surface area contributed by atoms with Gasteiger partial charge in [0.05, 0.1) is 17.3 Å². The predicted molar refractivity (Wildman–Crippen MR) is 76.7 cm³/mol. The molecule has 0 saturated carbocycles. The van der Waals surface area contributed by atoms with Crippen LogP contribution >= 0.6 is 0 Å². The molecule has 0 radical (unpaired) electrons. The molecule has 5 heteroatoms. The minimum Gasteiger partial charge on any atom is -0.324 e. The van der Waals surface area contributed by atoms with Crippen molar-refractivity contribution in [2.24, 2.45) is 0 Å². The van der Waals surface area contributed by atoms with Crippen LogP contribution in [0, 0.1) is 11.3 Å². The Morgan fingerprint density at radius 3 is 2.75 bits per heavy atom. The molecule has 1 aliphatic heterocycles. The third-order valence-electron chi connectivity index (χ3n) is 3.33. The smallest absolute Gasteiger partial charge is 0.227 e. The molecule has 0 unspecified atom stereocenters. The Hall–Kier alpha value is -2.45. The average molecular weight is 265 g/mol. The molecule has 0 amide bonds. The number of fused-ring (bicyclic) bond motifs is 1. The van der Waals surface area contributed by atoms with Gasteiger partial charge in [-0.25, -0.2) is 9.97 Å². The van der Waals surface area contributed by atoms with E-state index in [1.807, 2.05) is 18.3 Å². The Kier molecular flexibility index (Phi) is 3.57. The summed E-state index contributed by atoms with van der Waals surface area (Å²) in [4.78, 5) is 8.94. The summed E-state index contributed by atoms with van der Waals surface area (Å²) in [6, 6.07) is 9.36. The van der Waals surface area contributed by atoms with E-state index in [0.29, 0.717) is 11.5 Å². The number of hydrogen-bond acceptors (Lipinski definition) is 5. The zero-order valence-corrected chi connectivity index (χ0v) is 11.1. The van der Waals surface area contributed by atoms with Crippen molar-refractivity contribution in [1.29, 1.82) is 5.26 Å². The van der Waals surface area contributed by atoms with Crippen molar-refractivity contribution in [3.8, 4) is 6.07 Å². The van der Waals surface area contributed by atoms with Crippen LogP contribution in [0.4, 0.5) is 11.6 Å². The second-order valence-corrected chi connectivity index (χ2v) is 4.73. The molecule has 20 heavy (non-hydrogen) atoms. The monoisotopic (exact) mass is 265 g/mol. The van der Waals surface area contributed by atoms with Gasteiger partial charge in [0.1, 0.15) is 0 Å². The number of nitriles is 1. The van der Waals surface area contributed by atoms with Crippen LogP contribution in [0.2, 0.25) is 0 Å². The first-order valence-electron chi connectivity index (χ1n) is 6.68. The zero-order valence-electron chi connectivity index (χ0n) is 11.1. The molecule has 2 heterocycles. The van der Waals surface area contributed by atoms with Crippen LogP contribution < -0.4 is 10.6 Å². The largest absolute Gasteiger partial charge is 0.324 e. The van der Waals surface area contributed by atoms with Crippen molar-refractivity contribution in [1.82, 2.24) is 15.3 Å². The van der Waals surface area contributed by atoms with Gasteiger partial charge in [0.15, 0.2) is 0 Å². The number of nitrogens with one attached hydrogen (secondary N) is 2. The van der Waals surface area contributed by atoms with Crippen molar-refractivity contribution in [2.45, 2.75) is 12.8 Å². The first-order chi connectivity index (χ1) is 9.85. The van der Waals surface area contributed by atoms with Gasteiger partial charge in [-0.1, -0.05) is 0 Å². The number of nitrogens with zero attached hydrogens (tertiary/aromatic N) is 3. The molecular formula is C15H15N5. The second kappa shape index (κ2) is 5.68. The molecule has 0 atom stereocenters. The van der Waals surface area contributed by atoms with Crippen LogP contribution in [0.1, 0.15) is 16.8 Å². The lowest BCUT2D eigenvalue weighted by Gasteiger charge is -2.08. The summed E-state index contributed by atoms with van der Waals surface area (Å²) in [6.45, 7) is 1.94.